The van der Waals surface area contributed by atoms with Crippen LogP contribution in [0.2, 0.25) is 0 Å². The molecular formula is C12H12O3. The van der Waals surface area contributed by atoms with E-state index in [4.69, 9.17) is 9.62 Å². The first-order chi connectivity index (χ1) is 7.33. The summed E-state index contributed by atoms with van der Waals surface area (Å²) in [5, 5.41) is 2.20. The van der Waals surface area contributed by atoms with Gasteiger partial charge in [-0.2, -0.15) is 4.89 Å². The molecule has 0 aliphatic rings. The molecule has 0 heterocycles. The highest BCUT2D eigenvalue weighted by atomic mass is 17.2. The van der Waals surface area contributed by atoms with Crippen molar-refractivity contribution in [3.05, 3.63) is 36.4 Å². The molecule has 0 atom stereocenters. The van der Waals surface area contributed by atoms with Gasteiger partial charge in [-0.25, -0.2) is 0 Å². The predicted octanol–water partition coefficient (Wildman–Crippen LogP) is 2.79. The number of benzene rings is 2. The maximum absolute atomic E-state index is 5.14. The lowest BCUT2D eigenvalue weighted by Crippen LogP contribution is -1.90. The van der Waals surface area contributed by atoms with Crippen LogP contribution in [0.1, 0.15) is 0 Å². The van der Waals surface area contributed by atoms with E-state index in [1.807, 2.05) is 36.4 Å². The van der Waals surface area contributed by atoms with Gasteiger partial charge in [-0.15, -0.1) is 0 Å². The van der Waals surface area contributed by atoms with E-state index in [0.717, 1.165) is 16.5 Å². The molecule has 0 saturated heterocycles. The lowest BCUT2D eigenvalue weighted by Gasteiger charge is -2.04. The van der Waals surface area contributed by atoms with Gasteiger partial charge in [0.2, 0.25) is 0 Å². The van der Waals surface area contributed by atoms with Crippen LogP contribution in [0, 0.1) is 0 Å². The van der Waals surface area contributed by atoms with E-state index in [1.165, 1.54) is 7.11 Å². The second-order valence-electron chi connectivity index (χ2n) is 3.12. The fourth-order valence-electron chi connectivity index (χ4n) is 1.48. The molecule has 2 rings (SSSR count). The topological polar surface area (TPSA) is 27.7 Å². The molecule has 0 radical (unpaired) electrons. The largest absolute Gasteiger partial charge is 0.497 e. The molecule has 0 spiro atoms. The summed E-state index contributed by atoms with van der Waals surface area (Å²) in [6, 6.07) is 11.6. The zero-order valence-corrected chi connectivity index (χ0v) is 8.69. The summed E-state index contributed by atoms with van der Waals surface area (Å²) in [5.74, 6) is 1.54. The Balaban J connectivity index is 2.45. The van der Waals surface area contributed by atoms with Crippen LogP contribution in [0.15, 0.2) is 36.4 Å². The second kappa shape index (κ2) is 4.19. The number of fused-ring (bicyclic) bond motifs is 1. The fourth-order valence-corrected chi connectivity index (χ4v) is 1.48. The molecule has 0 aliphatic heterocycles. The van der Waals surface area contributed by atoms with Crippen molar-refractivity contribution < 1.29 is 14.5 Å². The molecule has 78 valence electrons. The van der Waals surface area contributed by atoms with Crippen molar-refractivity contribution >= 4 is 10.8 Å². The monoisotopic (exact) mass is 204 g/mol. The molecule has 0 N–H and O–H groups in total. The minimum Gasteiger partial charge on any atom is -0.497 e. The summed E-state index contributed by atoms with van der Waals surface area (Å²) in [7, 11) is 3.14. The number of ether oxygens (including phenoxy) is 1. The third-order valence-electron chi connectivity index (χ3n) is 2.20. The second-order valence-corrected chi connectivity index (χ2v) is 3.12. The third-order valence-corrected chi connectivity index (χ3v) is 2.20. The Labute approximate surface area is 88.1 Å². The van der Waals surface area contributed by atoms with Gasteiger partial charge in [-0.3, -0.25) is 0 Å². The van der Waals surface area contributed by atoms with E-state index < -0.39 is 0 Å². The van der Waals surface area contributed by atoms with Gasteiger partial charge in [0.1, 0.15) is 5.75 Å². The third kappa shape index (κ3) is 2.02. The Morgan fingerprint density at radius 1 is 0.800 bits per heavy atom. The summed E-state index contributed by atoms with van der Waals surface area (Å²) in [5.41, 5.74) is 0. The summed E-state index contributed by atoms with van der Waals surface area (Å²) in [6.07, 6.45) is 0. The molecule has 2 aromatic rings. The highest BCUT2D eigenvalue weighted by Crippen LogP contribution is 2.24. The van der Waals surface area contributed by atoms with Gasteiger partial charge in [0.15, 0.2) is 5.75 Å². The van der Waals surface area contributed by atoms with Gasteiger partial charge < -0.3 is 9.62 Å². The maximum atomic E-state index is 5.14. The van der Waals surface area contributed by atoms with Crippen molar-refractivity contribution in [2.75, 3.05) is 14.2 Å². The molecule has 0 unspecified atom stereocenters. The fraction of sp³-hybridized carbons (Fsp3) is 0.167. The van der Waals surface area contributed by atoms with E-state index in [0.29, 0.717) is 5.75 Å². The van der Waals surface area contributed by atoms with Crippen LogP contribution in [0.3, 0.4) is 0 Å². The van der Waals surface area contributed by atoms with Crippen LogP contribution >= 0.6 is 0 Å². The predicted molar refractivity (Wildman–Crippen MR) is 58.1 cm³/mol. The van der Waals surface area contributed by atoms with E-state index in [9.17, 15) is 0 Å². The lowest BCUT2D eigenvalue weighted by molar-refractivity contribution is -0.178. The molecule has 0 aromatic heterocycles. The van der Waals surface area contributed by atoms with Crippen LogP contribution < -0.4 is 9.62 Å². The van der Waals surface area contributed by atoms with Crippen molar-refractivity contribution in [1.29, 1.82) is 0 Å². The summed E-state index contributed by atoms with van der Waals surface area (Å²) in [6.45, 7) is 0. The van der Waals surface area contributed by atoms with Crippen LogP contribution in [0.25, 0.3) is 10.8 Å². The van der Waals surface area contributed by atoms with Crippen molar-refractivity contribution in [2.45, 2.75) is 0 Å². The SMILES string of the molecule is COOc1ccc2cc(OC)ccc2c1. The molecular weight excluding hydrogens is 192 g/mol. The lowest BCUT2D eigenvalue weighted by atomic mass is 10.1. The Morgan fingerprint density at radius 3 is 2.00 bits per heavy atom. The van der Waals surface area contributed by atoms with Crippen molar-refractivity contribution in [1.82, 2.24) is 0 Å². The average molecular weight is 204 g/mol. The number of methoxy groups -OCH3 is 1. The highest BCUT2D eigenvalue weighted by molar-refractivity contribution is 5.85. The molecule has 0 fully saturated rings. The Bertz CT molecular complexity index is 465. The molecule has 0 amide bonds. The molecule has 3 heteroatoms. The highest BCUT2D eigenvalue weighted by Gasteiger charge is 1.99. The number of rotatable bonds is 3. The van der Waals surface area contributed by atoms with Crippen LogP contribution in [-0.4, -0.2) is 14.2 Å². The van der Waals surface area contributed by atoms with Gasteiger partial charge >= 0.3 is 0 Å². The summed E-state index contributed by atoms with van der Waals surface area (Å²) >= 11 is 0. The van der Waals surface area contributed by atoms with Crippen LogP contribution in [-0.2, 0) is 4.89 Å². The Morgan fingerprint density at radius 2 is 1.40 bits per heavy atom. The van der Waals surface area contributed by atoms with E-state index in [2.05, 4.69) is 4.89 Å². The van der Waals surface area contributed by atoms with Gasteiger partial charge in [0.05, 0.1) is 14.2 Å². The van der Waals surface area contributed by atoms with Crippen molar-refractivity contribution in [3.63, 3.8) is 0 Å². The van der Waals surface area contributed by atoms with Gasteiger partial charge in [0.25, 0.3) is 0 Å². The smallest absolute Gasteiger partial charge is 0.166 e. The Kier molecular flexibility index (Phi) is 2.74. The average Bonchev–Trinajstić information content (AvgIpc) is 2.29. The minimum atomic E-state index is 0.690. The number of hydrogen-bond donors (Lipinski definition) is 0. The van der Waals surface area contributed by atoms with E-state index in [-0.39, 0.29) is 0 Å². The first-order valence-corrected chi connectivity index (χ1v) is 4.62. The van der Waals surface area contributed by atoms with Crippen molar-refractivity contribution in [3.8, 4) is 11.5 Å². The van der Waals surface area contributed by atoms with Gasteiger partial charge in [0, 0.05) is 0 Å². The zero-order valence-electron chi connectivity index (χ0n) is 8.69. The van der Waals surface area contributed by atoms with E-state index >= 15 is 0 Å². The Hall–Kier alpha value is -1.74. The summed E-state index contributed by atoms with van der Waals surface area (Å²) < 4.78 is 5.14. The van der Waals surface area contributed by atoms with Gasteiger partial charge in [-0.1, -0.05) is 12.1 Å². The maximum Gasteiger partial charge on any atom is 0.166 e. The molecule has 0 saturated carbocycles. The first-order valence-electron chi connectivity index (χ1n) is 4.62. The number of hydrogen-bond acceptors (Lipinski definition) is 3. The molecule has 2 aromatic carbocycles. The molecule has 0 aliphatic carbocycles. The molecule has 15 heavy (non-hydrogen) atoms. The molecule has 3 nitrogen and oxygen atoms in total. The van der Waals surface area contributed by atoms with Crippen LogP contribution in [0.4, 0.5) is 0 Å². The van der Waals surface area contributed by atoms with E-state index in [1.54, 1.807) is 7.11 Å². The van der Waals surface area contributed by atoms with Crippen LogP contribution in [0.5, 0.6) is 11.5 Å². The standard InChI is InChI=1S/C12H12O3/c1-13-11-5-3-10-8-12(15-14-2)6-4-9(10)7-11/h3-8H,1-2H3. The normalized spacial score (nSPS) is 10.3. The van der Waals surface area contributed by atoms with Crippen molar-refractivity contribution in [2.24, 2.45) is 0 Å². The summed E-state index contributed by atoms with van der Waals surface area (Å²) in [4.78, 5) is 9.54. The zero-order chi connectivity index (χ0) is 10.7. The van der Waals surface area contributed by atoms with Gasteiger partial charge in [-0.05, 0) is 35.0 Å². The quantitative estimate of drug-likeness (QED) is 0.568. The first kappa shape index (κ1) is 9.80. The minimum absolute atomic E-state index is 0.690. The molecule has 0 bridgehead atoms.